The van der Waals surface area contributed by atoms with E-state index >= 15 is 0 Å². The molecular formula is C15H8FNO4. The number of anilines is 1. The normalized spacial score (nSPS) is 15.6. The summed E-state index contributed by atoms with van der Waals surface area (Å²) < 4.78 is 23.7. The van der Waals surface area contributed by atoms with E-state index in [0.29, 0.717) is 17.2 Å². The zero-order valence-corrected chi connectivity index (χ0v) is 10.6. The summed E-state index contributed by atoms with van der Waals surface area (Å²) in [6.45, 7) is 0.103. The molecule has 2 aromatic carbocycles. The van der Waals surface area contributed by atoms with Crippen LogP contribution in [0.25, 0.3) is 0 Å². The van der Waals surface area contributed by atoms with Gasteiger partial charge in [-0.2, -0.15) is 0 Å². The lowest BCUT2D eigenvalue weighted by atomic mass is 10.1. The van der Waals surface area contributed by atoms with Crippen LogP contribution in [-0.4, -0.2) is 18.6 Å². The van der Waals surface area contributed by atoms with Gasteiger partial charge in [0.1, 0.15) is 5.82 Å². The van der Waals surface area contributed by atoms with Gasteiger partial charge in [0.05, 0.1) is 16.8 Å². The number of benzene rings is 2. The molecule has 0 N–H and O–H groups in total. The number of ether oxygens (including phenoxy) is 2. The molecule has 0 atom stereocenters. The van der Waals surface area contributed by atoms with E-state index in [1.54, 1.807) is 18.2 Å². The van der Waals surface area contributed by atoms with Gasteiger partial charge in [-0.05, 0) is 30.3 Å². The molecule has 104 valence electrons. The van der Waals surface area contributed by atoms with Crippen LogP contribution in [0, 0.1) is 5.82 Å². The van der Waals surface area contributed by atoms with Crippen molar-refractivity contribution < 1.29 is 23.5 Å². The molecule has 2 amide bonds. The predicted octanol–water partition coefficient (Wildman–Crippen LogP) is 2.36. The maximum absolute atomic E-state index is 13.3. The quantitative estimate of drug-likeness (QED) is 0.755. The van der Waals surface area contributed by atoms with E-state index in [4.69, 9.17) is 9.47 Å². The van der Waals surface area contributed by atoms with Crippen LogP contribution >= 0.6 is 0 Å². The van der Waals surface area contributed by atoms with Crippen LogP contribution < -0.4 is 14.4 Å². The number of amides is 2. The number of carbonyl (C=O) groups excluding carboxylic acids is 2. The van der Waals surface area contributed by atoms with Crippen LogP contribution in [0.2, 0.25) is 0 Å². The molecule has 6 heteroatoms. The number of hydrogen-bond donors (Lipinski definition) is 0. The van der Waals surface area contributed by atoms with Crippen molar-refractivity contribution in [2.45, 2.75) is 0 Å². The Labute approximate surface area is 118 Å². The molecule has 2 aliphatic rings. The topological polar surface area (TPSA) is 55.8 Å². The first-order chi connectivity index (χ1) is 10.1. The molecule has 0 aromatic heterocycles. The Hall–Kier alpha value is -2.89. The minimum atomic E-state index is -0.553. The highest BCUT2D eigenvalue weighted by atomic mass is 19.1. The Balaban J connectivity index is 1.81. The number of fused-ring (bicyclic) bond motifs is 2. The summed E-state index contributed by atoms with van der Waals surface area (Å²) in [7, 11) is 0. The van der Waals surface area contributed by atoms with Crippen LogP contribution in [-0.2, 0) is 0 Å². The fourth-order valence-corrected chi connectivity index (χ4v) is 2.47. The molecule has 4 rings (SSSR count). The van der Waals surface area contributed by atoms with Crippen molar-refractivity contribution in [2.75, 3.05) is 11.7 Å². The molecule has 0 aliphatic carbocycles. The molecule has 2 aromatic rings. The highest BCUT2D eigenvalue weighted by molar-refractivity contribution is 6.34. The summed E-state index contributed by atoms with van der Waals surface area (Å²) in [6.07, 6.45) is 0. The van der Waals surface area contributed by atoms with Gasteiger partial charge in [0.2, 0.25) is 6.79 Å². The van der Waals surface area contributed by atoms with E-state index in [9.17, 15) is 14.0 Å². The number of imide groups is 1. The van der Waals surface area contributed by atoms with E-state index in [0.717, 1.165) is 17.0 Å². The summed E-state index contributed by atoms with van der Waals surface area (Å²) >= 11 is 0. The monoisotopic (exact) mass is 285 g/mol. The number of nitrogens with zero attached hydrogens (tertiary/aromatic N) is 1. The summed E-state index contributed by atoms with van der Waals surface area (Å²) in [5.41, 5.74) is 0.627. The third-order valence-electron chi connectivity index (χ3n) is 3.46. The summed E-state index contributed by atoms with van der Waals surface area (Å²) in [5, 5.41) is 0. The van der Waals surface area contributed by atoms with Crippen molar-refractivity contribution in [3.8, 4) is 11.5 Å². The maximum Gasteiger partial charge on any atom is 0.266 e. The highest BCUT2D eigenvalue weighted by Crippen LogP contribution is 2.37. The number of carbonyl (C=O) groups is 2. The third kappa shape index (κ3) is 1.62. The van der Waals surface area contributed by atoms with Crippen LogP contribution in [0.5, 0.6) is 11.5 Å². The van der Waals surface area contributed by atoms with Gasteiger partial charge in [0.25, 0.3) is 11.8 Å². The van der Waals surface area contributed by atoms with Crippen molar-refractivity contribution in [3.05, 3.63) is 53.3 Å². The second kappa shape index (κ2) is 4.05. The first kappa shape index (κ1) is 11.9. The summed E-state index contributed by atoms with van der Waals surface area (Å²) in [6, 6.07) is 8.32. The lowest BCUT2D eigenvalue weighted by Crippen LogP contribution is -2.29. The van der Waals surface area contributed by atoms with Crippen molar-refractivity contribution in [3.63, 3.8) is 0 Å². The zero-order valence-electron chi connectivity index (χ0n) is 10.6. The molecule has 0 bridgehead atoms. The molecule has 5 nitrogen and oxygen atoms in total. The van der Waals surface area contributed by atoms with Gasteiger partial charge in [-0.3, -0.25) is 9.59 Å². The Bertz CT molecular complexity index is 802. The number of rotatable bonds is 1. The molecule has 2 aliphatic heterocycles. The van der Waals surface area contributed by atoms with Gasteiger partial charge >= 0.3 is 0 Å². The van der Waals surface area contributed by atoms with Crippen molar-refractivity contribution in [1.29, 1.82) is 0 Å². The Kier molecular flexibility index (Phi) is 2.29. The summed E-state index contributed by atoms with van der Waals surface area (Å²) in [4.78, 5) is 25.7. The first-order valence-corrected chi connectivity index (χ1v) is 6.23. The number of hydrogen-bond acceptors (Lipinski definition) is 4. The van der Waals surface area contributed by atoms with Gasteiger partial charge in [-0.25, -0.2) is 9.29 Å². The predicted molar refractivity (Wildman–Crippen MR) is 70.1 cm³/mol. The average Bonchev–Trinajstić information content (AvgIpc) is 3.02. The van der Waals surface area contributed by atoms with Crippen molar-refractivity contribution in [2.24, 2.45) is 0 Å². The SMILES string of the molecule is O=C1c2ccc(F)cc2C(=O)N1c1ccc2c(c1)OCO2. The Morgan fingerprint density at radius 2 is 1.67 bits per heavy atom. The lowest BCUT2D eigenvalue weighted by molar-refractivity contribution is 0.0926. The van der Waals surface area contributed by atoms with E-state index < -0.39 is 17.6 Å². The average molecular weight is 285 g/mol. The maximum atomic E-state index is 13.3. The second-order valence-electron chi connectivity index (χ2n) is 4.67. The molecule has 0 saturated carbocycles. The van der Waals surface area contributed by atoms with Crippen LogP contribution in [0.4, 0.5) is 10.1 Å². The van der Waals surface area contributed by atoms with Gasteiger partial charge < -0.3 is 9.47 Å². The van der Waals surface area contributed by atoms with E-state index in [1.807, 2.05) is 0 Å². The van der Waals surface area contributed by atoms with Crippen LogP contribution in [0.3, 0.4) is 0 Å². The second-order valence-corrected chi connectivity index (χ2v) is 4.67. The lowest BCUT2D eigenvalue weighted by Gasteiger charge is -2.14. The highest BCUT2D eigenvalue weighted by Gasteiger charge is 2.37. The third-order valence-corrected chi connectivity index (χ3v) is 3.46. The molecule has 0 radical (unpaired) electrons. The van der Waals surface area contributed by atoms with Crippen molar-refractivity contribution in [1.82, 2.24) is 0 Å². The van der Waals surface area contributed by atoms with E-state index in [-0.39, 0.29) is 17.9 Å². The first-order valence-electron chi connectivity index (χ1n) is 6.23. The standard InChI is InChI=1S/C15H8FNO4/c16-8-1-3-10-11(5-8)15(19)17(14(10)18)9-2-4-12-13(6-9)21-7-20-12/h1-6H,7H2. The number of halogens is 1. The minimum Gasteiger partial charge on any atom is -0.454 e. The Morgan fingerprint density at radius 3 is 2.52 bits per heavy atom. The van der Waals surface area contributed by atoms with Crippen LogP contribution in [0.15, 0.2) is 36.4 Å². The van der Waals surface area contributed by atoms with E-state index in [1.165, 1.54) is 6.07 Å². The van der Waals surface area contributed by atoms with Crippen LogP contribution in [0.1, 0.15) is 20.7 Å². The zero-order chi connectivity index (χ0) is 14.6. The van der Waals surface area contributed by atoms with Gasteiger partial charge in [-0.1, -0.05) is 0 Å². The van der Waals surface area contributed by atoms with Gasteiger partial charge in [-0.15, -0.1) is 0 Å². The minimum absolute atomic E-state index is 0.0673. The smallest absolute Gasteiger partial charge is 0.266 e. The molecule has 0 fully saturated rings. The molecule has 2 heterocycles. The largest absolute Gasteiger partial charge is 0.454 e. The van der Waals surface area contributed by atoms with E-state index in [2.05, 4.69) is 0 Å². The molecule has 0 unspecified atom stereocenters. The summed E-state index contributed by atoms with van der Waals surface area (Å²) in [5.74, 6) is -0.554. The molecule has 0 spiro atoms. The molecule has 0 saturated heterocycles. The molecular weight excluding hydrogens is 277 g/mol. The van der Waals surface area contributed by atoms with Crippen molar-refractivity contribution >= 4 is 17.5 Å². The Morgan fingerprint density at radius 1 is 0.905 bits per heavy atom. The fraction of sp³-hybridized carbons (Fsp3) is 0.0667. The molecule has 21 heavy (non-hydrogen) atoms. The fourth-order valence-electron chi connectivity index (χ4n) is 2.47. The van der Waals surface area contributed by atoms with Gasteiger partial charge in [0.15, 0.2) is 11.5 Å². The van der Waals surface area contributed by atoms with Gasteiger partial charge in [0, 0.05) is 6.07 Å².